The molecule has 162 valence electrons. The number of piperidine rings is 1. The molecule has 0 aromatic carbocycles. The van der Waals surface area contributed by atoms with Crippen LogP contribution in [0.15, 0.2) is 11.6 Å². The molecule has 0 radical (unpaired) electrons. The number of hydrogen-bond donors (Lipinski definition) is 2. The second kappa shape index (κ2) is 9.40. The average Bonchev–Trinajstić information content (AvgIpc) is 3.16. The van der Waals surface area contributed by atoms with E-state index in [9.17, 15) is 18.0 Å². The lowest BCUT2D eigenvalue weighted by Crippen LogP contribution is -2.42. The van der Waals surface area contributed by atoms with E-state index < -0.39 is 12.1 Å². The summed E-state index contributed by atoms with van der Waals surface area (Å²) >= 11 is 1.70. The van der Waals surface area contributed by atoms with Crippen LogP contribution in [0.5, 0.6) is 0 Å². The van der Waals surface area contributed by atoms with Gasteiger partial charge < -0.3 is 15.2 Å². The fraction of sp³-hybridized carbons (Fsp3) is 0.722. The fourth-order valence-corrected chi connectivity index (χ4v) is 4.17. The summed E-state index contributed by atoms with van der Waals surface area (Å²) in [7, 11) is 0. The van der Waals surface area contributed by atoms with Crippen molar-refractivity contribution in [1.82, 2.24) is 15.2 Å². The normalized spacial score (nSPS) is 26.9. The maximum absolute atomic E-state index is 12.2. The number of aliphatic carboxylic acids is 1. The van der Waals surface area contributed by atoms with Crippen LogP contribution in [0.4, 0.5) is 13.2 Å². The largest absolute Gasteiger partial charge is 0.490 e. The van der Waals surface area contributed by atoms with Gasteiger partial charge in [0, 0.05) is 24.7 Å². The molecule has 1 aromatic heterocycles. The van der Waals surface area contributed by atoms with Crippen LogP contribution in [0, 0.1) is 11.8 Å². The molecule has 0 spiro atoms. The third-order valence-corrected chi connectivity index (χ3v) is 6.04. The number of rotatable bonds is 5. The van der Waals surface area contributed by atoms with E-state index in [4.69, 9.17) is 14.6 Å². The van der Waals surface area contributed by atoms with E-state index in [1.165, 1.54) is 12.8 Å². The van der Waals surface area contributed by atoms with E-state index in [0.29, 0.717) is 5.92 Å². The van der Waals surface area contributed by atoms with Crippen LogP contribution >= 0.6 is 11.3 Å². The number of carboxylic acids is 1. The molecule has 11 heteroatoms. The Balaban J connectivity index is 0.000000298. The Bertz CT molecular complexity index is 697. The van der Waals surface area contributed by atoms with Gasteiger partial charge in [0.05, 0.1) is 12.6 Å². The van der Waals surface area contributed by atoms with Gasteiger partial charge in [0.15, 0.2) is 0 Å². The Hall–Kier alpha value is -1.72. The molecule has 3 fully saturated rings. The number of hydrogen-bond acceptors (Lipinski definition) is 6. The maximum Gasteiger partial charge on any atom is 0.490 e. The lowest BCUT2D eigenvalue weighted by molar-refractivity contribution is -0.192. The van der Waals surface area contributed by atoms with E-state index in [1.54, 1.807) is 11.3 Å². The molecule has 2 aliphatic heterocycles. The van der Waals surface area contributed by atoms with Crippen molar-refractivity contribution in [1.29, 1.82) is 0 Å². The Kier molecular flexibility index (Phi) is 7.12. The summed E-state index contributed by atoms with van der Waals surface area (Å²) < 4.78 is 37.8. The molecule has 2 N–H and O–H groups in total. The molecule has 3 atom stereocenters. The molecule has 29 heavy (non-hydrogen) atoms. The molecule has 0 bridgehead atoms. The number of likely N-dealkylation sites (tertiary alicyclic amines) is 1. The minimum Gasteiger partial charge on any atom is -0.475 e. The Labute approximate surface area is 170 Å². The molecule has 1 saturated carbocycles. The molecule has 3 aliphatic rings. The lowest BCUT2D eigenvalue weighted by atomic mass is 9.91. The molecular formula is C18H24F3N3O4S. The van der Waals surface area contributed by atoms with Gasteiger partial charge in [-0.1, -0.05) is 0 Å². The smallest absolute Gasteiger partial charge is 0.475 e. The van der Waals surface area contributed by atoms with E-state index >= 15 is 0 Å². The SMILES string of the molecule is O=C(NCC1CC1)[C@@H]1C[C@@H]2CCN(Cc3nccs3)C[C@@H]2O1.O=C(O)C(F)(F)F. The Morgan fingerprint density at radius 3 is 2.66 bits per heavy atom. The van der Waals surface area contributed by atoms with E-state index in [2.05, 4.69) is 15.2 Å². The van der Waals surface area contributed by atoms with Crippen molar-refractivity contribution in [2.75, 3.05) is 19.6 Å². The summed E-state index contributed by atoms with van der Waals surface area (Å²) in [5, 5.41) is 13.4. The maximum atomic E-state index is 12.2. The Morgan fingerprint density at radius 2 is 2.07 bits per heavy atom. The van der Waals surface area contributed by atoms with E-state index in [-0.39, 0.29) is 18.1 Å². The first-order valence-electron chi connectivity index (χ1n) is 9.56. The molecule has 2 saturated heterocycles. The zero-order chi connectivity index (χ0) is 21.0. The van der Waals surface area contributed by atoms with Gasteiger partial charge in [-0.3, -0.25) is 9.69 Å². The highest BCUT2D eigenvalue weighted by Gasteiger charge is 2.42. The number of carbonyl (C=O) groups excluding carboxylic acids is 1. The predicted molar refractivity (Wildman–Crippen MR) is 98.2 cm³/mol. The van der Waals surface area contributed by atoms with Crippen molar-refractivity contribution in [3.8, 4) is 0 Å². The zero-order valence-electron chi connectivity index (χ0n) is 15.7. The number of aromatic nitrogens is 1. The van der Waals surface area contributed by atoms with Gasteiger partial charge in [-0.2, -0.15) is 13.2 Å². The molecule has 0 unspecified atom stereocenters. The monoisotopic (exact) mass is 435 g/mol. The number of fused-ring (bicyclic) bond motifs is 1. The van der Waals surface area contributed by atoms with Gasteiger partial charge in [-0.15, -0.1) is 11.3 Å². The first-order chi connectivity index (χ1) is 13.7. The molecule has 1 amide bonds. The summed E-state index contributed by atoms with van der Waals surface area (Å²) in [5.41, 5.74) is 0. The quantitative estimate of drug-likeness (QED) is 0.738. The van der Waals surface area contributed by atoms with Gasteiger partial charge in [0.2, 0.25) is 5.91 Å². The van der Waals surface area contributed by atoms with Crippen LogP contribution in [0.2, 0.25) is 0 Å². The molecule has 3 heterocycles. The number of carboxylic acid groups (broad SMARTS) is 1. The highest BCUT2D eigenvalue weighted by Crippen LogP contribution is 2.34. The van der Waals surface area contributed by atoms with Gasteiger partial charge in [-0.25, -0.2) is 9.78 Å². The van der Waals surface area contributed by atoms with Gasteiger partial charge >= 0.3 is 12.1 Å². The summed E-state index contributed by atoms with van der Waals surface area (Å²) in [5.74, 6) is -1.38. The van der Waals surface area contributed by atoms with E-state index in [1.807, 2.05) is 11.6 Å². The number of amides is 1. The molecule has 1 aromatic rings. The molecule has 1 aliphatic carbocycles. The van der Waals surface area contributed by atoms with Crippen molar-refractivity contribution in [2.24, 2.45) is 11.8 Å². The molecule has 7 nitrogen and oxygen atoms in total. The predicted octanol–water partition coefficient (Wildman–Crippen LogP) is 2.28. The number of nitrogens with one attached hydrogen (secondary N) is 1. The number of thiazole rings is 1. The minimum absolute atomic E-state index is 0.104. The second-order valence-corrected chi connectivity index (χ2v) is 8.58. The third kappa shape index (κ3) is 6.65. The second-order valence-electron chi connectivity index (χ2n) is 7.60. The van der Waals surface area contributed by atoms with Gasteiger partial charge in [-0.05, 0) is 44.1 Å². The van der Waals surface area contributed by atoms with Crippen LogP contribution in [0.1, 0.15) is 30.7 Å². The number of carbonyl (C=O) groups is 2. The summed E-state index contributed by atoms with van der Waals surface area (Å²) in [6.07, 6.45) is 1.32. The Morgan fingerprint density at radius 1 is 1.34 bits per heavy atom. The van der Waals surface area contributed by atoms with Crippen molar-refractivity contribution in [2.45, 2.75) is 50.6 Å². The number of nitrogens with zero attached hydrogens (tertiary/aromatic N) is 2. The minimum atomic E-state index is -5.08. The van der Waals surface area contributed by atoms with E-state index in [0.717, 1.165) is 49.9 Å². The van der Waals surface area contributed by atoms with Gasteiger partial charge in [0.25, 0.3) is 0 Å². The third-order valence-electron chi connectivity index (χ3n) is 5.28. The van der Waals surface area contributed by atoms with Crippen LogP contribution in [0.25, 0.3) is 0 Å². The molecular weight excluding hydrogens is 411 g/mol. The highest BCUT2D eigenvalue weighted by atomic mass is 32.1. The molecule has 4 rings (SSSR count). The first-order valence-corrected chi connectivity index (χ1v) is 10.4. The van der Waals surface area contributed by atoms with Crippen LogP contribution in [-0.2, 0) is 20.9 Å². The highest BCUT2D eigenvalue weighted by molar-refractivity contribution is 7.09. The topological polar surface area (TPSA) is 91.8 Å². The van der Waals surface area contributed by atoms with Crippen LogP contribution in [-0.4, -0.2) is 64.9 Å². The number of ether oxygens (including phenoxy) is 1. The van der Waals surface area contributed by atoms with Gasteiger partial charge in [0.1, 0.15) is 11.1 Å². The van der Waals surface area contributed by atoms with Crippen LogP contribution in [0.3, 0.4) is 0 Å². The standard InChI is InChI=1S/C16H23N3O2S.C2HF3O2/c20-16(18-8-11-1-2-11)13-7-12-3-5-19(9-14(12)21-13)10-15-17-4-6-22-15;3-2(4,5)1(6)7/h4,6,11-14H,1-3,5,7-10H2,(H,18,20);(H,6,7)/t12-,13-,14-;/m0./s1. The van der Waals surface area contributed by atoms with Crippen molar-refractivity contribution in [3.05, 3.63) is 16.6 Å². The fourth-order valence-electron chi connectivity index (χ4n) is 3.51. The zero-order valence-corrected chi connectivity index (χ0v) is 16.5. The lowest BCUT2D eigenvalue weighted by Gasteiger charge is -2.33. The summed E-state index contributed by atoms with van der Waals surface area (Å²) in [4.78, 5) is 27.9. The van der Waals surface area contributed by atoms with Crippen LogP contribution < -0.4 is 5.32 Å². The number of alkyl halides is 3. The van der Waals surface area contributed by atoms with Crippen molar-refractivity contribution < 1.29 is 32.6 Å². The average molecular weight is 435 g/mol. The summed E-state index contributed by atoms with van der Waals surface area (Å²) in [6.45, 7) is 3.75. The summed E-state index contributed by atoms with van der Waals surface area (Å²) in [6, 6.07) is 0. The number of halogens is 3. The van der Waals surface area contributed by atoms with Crippen molar-refractivity contribution in [3.63, 3.8) is 0 Å². The first kappa shape index (κ1) is 22.0. The van der Waals surface area contributed by atoms with Crippen molar-refractivity contribution >= 4 is 23.2 Å².